The molecule has 0 spiro atoms. The van der Waals surface area contributed by atoms with Gasteiger partial charge in [-0.05, 0) is 30.7 Å². The van der Waals surface area contributed by atoms with Gasteiger partial charge in [-0.1, -0.05) is 19.3 Å². The van der Waals surface area contributed by atoms with Gasteiger partial charge >= 0.3 is 5.69 Å². The molecule has 108 valence electrons. The zero-order chi connectivity index (χ0) is 14.1. The molecule has 2 unspecified atom stereocenters. The number of hydrogen-bond donors (Lipinski definition) is 1. The van der Waals surface area contributed by atoms with Crippen molar-refractivity contribution in [3.05, 3.63) is 22.2 Å². The van der Waals surface area contributed by atoms with Gasteiger partial charge in [0.25, 0.3) is 0 Å². The number of piperidine rings is 1. The van der Waals surface area contributed by atoms with Gasteiger partial charge in [-0.15, -0.1) is 0 Å². The lowest BCUT2D eigenvalue weighted by Gasteiger charge is -2.41. The molecule has 2 N–H and O–H groups in total. The van der Waals surface area contributed by atoms with E-state index in [0.717, 1.165) is 30.7 Å². The van der Waals surface area contributed by atoms with Crippen LogP contribution in [0.5, 0.6) is 0 Å². The van der Waals surface area contributed by atoms with Gasteiger partial charge in [-0.25, -0.2) is 4.98 Å². The Hall–Kier alpha value is -1.85. The lowest BCUT2D eigenvalue weighted by Crippen LogP contribution is -2.42. The normalized spacial score (nSPS) is 26.1. The van der Waals surface area contributed by atoms with E-state index < -0.39 is 4.92 Å². The van der Waals surface area contributed by atoms with Crippen molar-refractivity contribution < 1.29 is 4.92 Å². The first-order valence-electron chi connectivity index (χ1n) is 7.31. The zero-order valence-electron chi connectivity index (χ0n) is 11.5. The highest BCUT2D eigenvalue weighted by Gasteiger charge is 2.31. The summed E-state index contributed by atoms with van der Waals surface area (Å²) in [6.07, 6.45) is 6.54. The third-order valence-corrected chi connectivity index (χ3v) is 4.70. The maximum Gasteiger partial charge on any atom is 0.311 e. The molecule has 3 rings (SSSR count). The molecule has 1 aliphatic carbocycles. The van der Waals surface area contributed by atoms with Crippen LogP contribution in [-0.2, 0) is 0 Å². The largest absolute Gasteiger partial charge is 0.378 e. The fraction of sp³-hybridized carbons (Fsp3) is 0.643. The number of fused-ring (bicyclic) bond motifs is 1. The quantitative estimate of drug-likeness (QED) is 0.663. The summed E-state index contributed by atoms with van der Waals surface area (Å²) in [5.41, 5.74) is 5.57. The molecular weight excluding hydrogens is 256 g/mol. The van der Waals surface area contributed by atoms with E-state index in [1.54, 1.807) is 6.07 Å². The molecule has 6 heteroatoms. The molecule has 1 aromatic rings. The van der Waals surface area contributed by atoms with Crippen LogP contribution in [0.4, 0.5) is 17.3 Å². The molecule has 2 aliphatic rings. The van der Waals surface area contributed by atoms with E-state index in [4.69, 9.17) is 5.73 Å². The van der Waals surface area contributed by atoms with Crippen LogP contribution in [0.2, 0.25) is 0 Å². The van der Waals surface area contributed by atoms with Crippen LogP contribution >= 0.6 is 0 Å². The van der Waals surface area contributed by atoms with Gasteiger partial charge in [0.1, 0.15) is 5.82 Å². The van der Waals surface area contributed by atoms with Crippen molar-refractivity contribution in [2.45, 2.75) is 32.1 Å². The highest BCUT2D eigenvalue weighted by Crippen LogP contribution is 2.37. The number of nitrogens with zero attached hydrogens (tertiary/aromatic N) is 3. The number of hydrogen-bond acceptors (Lipinski definition) is 5. The van der Waals surface area contributed by atoms with E-state index in [1.165, 1.54) is 38.2 Å². The van der Waals surface area contributed by atoms with E-state index >= 15 is 0 Å². The average molecular weight is 276 g/mol. The maximum absolute atomic E-state index is 10.8. The Labute approximate surface area is 118 Å². The first-order valence-corrected chi connectivity index (χ1v) is 7.31. The predicted molar refractivity (Wildman–Crippen MR) is 77.6 cm³/mol. The van der Waals surface area contributed by atoms with Crippen LogP contribution in [0.15, 0.2) is 12.1 Å². The second-order valence-electron chi connectivity index (χ2n) is 5.87. The van der Waals surface area contributed by atoms with Crippen molar-refractivity contribution in [3.63, 3.8) is 0 Å². The number of rotatable bonds is 2. The number of nitro groups is 1. The summed E-state index contributed by atoms with van der Waals surface area (Å²) in [5, 5.41) is 10.8. The fourth-order valence-electron chi connectivity index (χ4n) is 3.60. The smallest absolute Gasteiger partial charge is 0.311 e. The first-order chi connectivity index (χ1) is 9.65. The lowest BCUT2D eigenvalue weighted by molar-refractivity contribution is -0.384. The van der Waals surface area contributed by atoms with Crippen LogP contribution in [-0.4, -0.2) is 23.0 Å². The lowest BCUT2D eigenvalue weighted by atomic mass is 9.75. The zero-order valence-corrected chi connectivity index (χ0v) is 11.5. The van der Waals surface area contributed by atoms with Crippen molar-refractivity contribution in [1.82, 2.24) is 4.98 Å². The van der Waals surface area contributed by atoms with Crippen LogP contribution in [0.25, 0.3) is 0 Å². The molecule has 2 atom stereocenters. The second-order valence-corrected chi connectivity index (χ2v) is 5.87. The molecule has 0 radical (unpaired) electrons. The van der Waals surface area contributed by atoms with Gasteiger partial charge in [-0.3, -0.25) is 10.1 Å². The van der Waals surface area contributed by atoms with E-state index in [1.807, 2.05) is 0 Å². The third kappa shape index (κ3) is 2.42. The molecule has 0 aromatic carbocycles. The minimum atomic E-state index is -0.487. The summed E-state index contributed by atoms with van der Waals surface area (Å²) >= 11 is 0. The molecule has 0 bridgehead atoms. The van der Waals surface area contributed by atoms with E-state index in [2.05, 4.69) is 9.88 Å². The first kappa shape index (κ1) is 13.1. The molecule has 1 saturated heterocycles. The van der Waals surface area contributed by atoms with Crippen molar-refractivity contribution in [3.8, 4) is 0 Å². The average Bonchev–Trinajstić information content (AvgIpc) is 2.46. The SMILES string of the molecule is Nc1nc(N2CCC3CCCCC3C2)ccc1[N+](=O)[O-]. The van der Waals surface area contributed by atoms with Crippen LogP contribution in [0.3, 0.4) is 0 Å². The van der Waals surface area contributed by atoms with E-state index in [0.29, 0.717) is 0 Å². The summed E-state index contributed by atoms with van der Waals surface area (Å²) in [6.45, 7) is 1.99. The standard InChI is InChI=1S/C14H20N4O2/c15-14-12(18(19)20)5-6-13(16-14)17-8-7-10-3-1-2-4-11(10)9-17/h5-6,10-11H,1-4,7-9H2,(H2,15,16). The summed E-state index contributed by atoms with van der Waals surface area (Å²) in [4.78, 5) is 16.7. The van der Waals surface area contributed by atoms with Gasteiger partial charge in [0.05, 0.1) is 4.92 Å². The number of nitrogens with two attached hydrogens (primary N) is 1. The molecular formula is C14H20N4O2. The minimum Gasteiger partial charge on any atom is -0.378 e. The van der Waals surface area contributed by atoms with Crippen LogP contribution in [0.1, 0.15) is 32.1 Å². The second kappa shape index (κ2) is 5.26. The van der Waals surface area contributed by atoms with E-state index in [-0.39, 0.29) is 11.5 Å². The number of nitrogen functional groups attached to an aromatic ring is 1. The van der Waals surface area contributed by atoms with Gasteiger partial charge in [0.2, 0.25) is 5.82 Å². The van der Waals surface area contributed by atoms with Gasteiger partial charge in [0, 0.05) is 19.2 Å². The molecule has 20 heavy (non-hydrogen) atoms. The van der Waals surface area contributed by atoms with E-state index in [9.17, 15) is 10.1 Å². The highest BCUT2D eigenvalue weighted by molar-refractivity contribution is 5.58. The summed E-state index contributed by atoms with van der Waals surface area (Å²) < 4.78 is 0. The molecule has 2 heterocycles. The molecule has 1 aromatic heterocycles. The van der Waals surface area contributed by atoms with Crippen molar-refractivity contribution in [1.29, 1.82) is 0 Å². The highest BCUT2D eigenvalue weighted by atomic mass is 16.6. The van der Waals surface area contributed by atoms with Gasteiger partial charge < -0.3 is 10.6 Å². The number of aromatic nitrogens is 1. The molecule has 1 saturated carbocycles. The minimum absolute atomic E-state index is 0.0123. The Bertz CT molecular complexity index is 520. The van der Waals surface area contributed by atoms with Crippen molar-refractivity contribution in [2.75, 3.05) is 23.7 Å². The van der Waals surface area contributed by atoms with Gasteiger partial charge in [-0.2, -0.15) is 0 Å². The predicted octanol–water partition coefficient (Wildman–Crippen LogP) is 2.59. The monoisotopic (exact) mass is 276 g/mol. The Morgan fingerprint density at radius 2 is 2.00 bits per heavy atom. The number of pyridine rings is 1. The molecule has 1 aliphatic heterocycles. The number of anilines is 2. The molecule has 6 nitrogen and oxygen atoms in total. The summed E-state index contributed by atoms with van der Waals surface area (Å²) in [6, 6.07) is 3.18. The summed E-state index contributed by atoms with van der Waals surface area (Å²) in [5.74, 6) is 2.39. The van der Waals surface area contributed by atoms with Crippen LogP contribution in [0, 0.1) is 22.0 Å². The fourth-order valence-corrected chi connectivity index (χ4v) is 3.60. The maximum atomic E-state index is 10.8. The Morgan fingerprint density at radius 1 is 1.25 bits per heavy atom. The Kier molecular flexibility index (Phi) is 3.46. The van der Waals surface area contributed by atoms with Crippen molar-refractivity contribution in [2.24, 2.45) is 11.8 Å². The molecule has 0 amide bonds. The topological polar surface area (TPSA) is 85.3 Å². The Morgan fingerprint density at radius 3 is 2.70 bits per heavy atom. The summed E-state index contributed by atoms with van der Waals surface area (Å²) in [7, 11) is 0. The van der Waals surface area contributed by atoms with Gasteiger partial charge in [0.15, 0.2) is 0 Å². The molecule has 2 fully saturated rings. The van der Waals surface area contributed by atoms with Crippen LogP contribution < -0.4 is 10.6 Å². The third-order valence-electron chi connectivity index (χ3n) is 4.70. The van der Waals surface area contributed by atoms with Crippen molar-refractivity contribution >= 4 is 17.3 Å². The Balaban J connectivity index is 1.76.